The number of carbonyl (C=O) groups is 1. The van der Waals surface area contributed by atoms with Gasteiger partial charge in [-0.05, 0) is 24.3 Å². The Hall–Kier alpha value is -2.66. The topological polar surface area (TPSA) is 68.3 Å². The number of carbonyl (C=O) groups excluding carboxylic acids is 1. The van der Waals surface area contributed by atoms with Crippen molar-refractivity contribution in [3.63, 3.8) is 0 Å². The van der Waals surface area contributed by atoms with Crippen LogP contribution >= 0.6 is 12.2 Å². The van der Waals surface area contributed by atoms with E-state index in [-0.39, 0.29) is 16.7 Å². The minimum atomic E-state index is -0.338. The van der Waals surface area contributed by atoms with Crippen molar-refractivity contribution in [3.8, 4) is 0 Å². The van der Waals surface area contributed by atoms with Gasteiger partial charge in [0, 0.05) is 10.9 Å². The number of anilines is 1. The van der Waals surface area contributed by atoms with E-state index in [0.717, 1.165) is 5.39 Å². The molecule has 0 saturated carbocycles. The second-order valence-electron chi connectivity index (χ2n) is 4.51. The van der Waals surface area contributed by atoms with Crippen molar-refractivity contribution >= 4 is 39.8 Å². The van der Waals surface area contributed by atoms with Gasteiger partial charge in [-0.3, -0.25) is 4.79 Å². The average Bonchev–Trinajstić information content (AvgIpc) is 2.91. The third-order valence-corrected chi connectivity index (χ3v) is 3.31. The van der Waals surface area contributed by atoms with E-state index in [2.05, 4.69) is 5.32 Å². The Kier molecular flexibility index (Phi) is 3.41. The van der Waals surface area contributed by atoms with E-state index < -0.39 is 0 Å². The Morgan fingerprint density at radius 1 is 1.10 bits per heavy atom. The molecule has 3 aromatic rings. The molecule has 4 nitrogen and oxygen atoms in total. The van der Waals surface area contributed by atoms with Gasteiger partial charge in [-0.1, -0.05) is 42.5 Å². The van der Waals surface area contributed by atoms with E-state index in [0.29, 0.717) is 16.8 Å². The van der Waals surface area contributed by atoms with Crippen LogP contribution in [0.15, 0.2) is 59.0 Å². The van der Waals surface area contributed by atoms with Crippen LogP contribution in [0.5, 0.6) is 0 Å². The summed E-state index contributed by atoms with van der Waals surface area (Å²) < 4.78 is 5.53. The number of thiocarbonyl (C=S) groups is 1. The molecule has 1 aromatic heterocycles. The summed E-state index contributed by atoms with van der Waals surface area (Å²) >= 11 is 4.97. The summed E-state index contributed by atoms with van der Waals surface area (Å²) in [4.78, 5) is 12.5. The van der Waals surface area contributed by atoms with Crippen LogP contribution in [0.2, 0.25) is 0 Å². The molecule has 0 spiro atoms. The molecule has 0 atom stereocenters. The molecule has 2 aromatic carbocycles. The fourth-order valence-electron chi connectivity index (χ4n) is 2.08. The quantitative estimate of drug-likeness (QED) is 0.728. The molecule has 0 unspecified atom stereocenters. The van der Waals surface area contributed by atoms with Crippen molar-refractivity contribution in [2.75, 3.05) is 5.32 Å². The summed E-state index contributed by atoms with van der Waals surface area (Å²) in [5.74, 6) is -0.0937. The van der Waals surface area contributed by atoms with Crippen molar-refractivity contribution in [1.29, 1.82) is 0 Å². The summed E-state index contributed by atoms with van der Waals surface area (Å²) in [6.07, 6.45) is 0. The first-order valence-corrected chi connectivity index (χ1v) is 6.75. The highest BCUT2D eigenvalue weighted by Crippen LogP contribution is 2.21. The summed E-state index contributed by atoms with van der Waals surface area (Å²) in [5, 5.41) is 3.65. The lowest BCUT2D eigenvalue weighted by Gasteiger charge is -2.08. The smallest absolute Gasteiger partial charge is 0.291 e. The van der Waals surface area contributed by atoms with Crippen molar-refractivity contribution in [2.24, 2.45) is 5.73 Å². The average molecular weight is 296 g/mol. The molecular formula is C16H12N2O2S. The Morgan fingerprint density at radius 3 is 2.57 bits per heavy atom. The molecule has 0 fully saturated rings. The molecule has 104 valence electrons. The summed E-state index contributed by atoms with van der Waals surface area (Å²) in [6, 6.07) is 16.3. The zero-order valence-corrected chi connectivity index (χ0v) is 11.8. The molecule has 21 heavy (non-hydrogen) atoms. The number of nitrogens with two attached hydrogens (primary N) is 1. The maximum absolute atomic E-state index is 12.3. The van der Waals surface area contributed by atoms with Crippen LogP contribution in [-0.2, 0) is 0 Å². The molecular weight excluding hydrogens is 284 g/mol. The maximum Gasteiger partial charge on any atom is 0.291 e. The fourth-order valence-corrected chi connectivity index (χ4v) is 2.26. The Bertz CT molecular complexity index is 806. The minimum absolute atomic E-state index is 0.232. The lowest BCUT2D eigenvalue weighted by molar-refractivity contribution is 0.0998. The Labute approximate surface area is 126 Å². The van der Waals surface area contributed by atoms with Gasteiger partial charge in [0.1, 0.15) is 10.6 Å². The van der Waals surface area contributed by atoms with Crippen molar-refractivity contribution < 1.29 is 9.21 Å². The van der Waals surface area contributed by atoms with Gasteiger partial charge in [-0.2, -0.15) is 0 Å². The van der Waals surface area contributed by atoms with Gasteiger partial charge in [0.05, 0.1) is 5.69 Å². The summed E-state index contributed by atoms with van der Waals surface area (Å²) in [6.45, 7) is 0. The number of amides is 1. The normalized spacial score (nSPS) is 10.5. The van der Waals surface area contributed by atoms with E-state index in [1.165, 1.54) is 0 Å². The van der Waals surface area contributed by atoms with Crippen LogP contribution in [-0.4, -0.2) is 10.9 Å². The molecule has 5 heteroatoms. The highest BCUT2D eigenvalue weighted by atomic mass is 32.1. The number of para-hydroxylation sites is 2. The summed E-state index contributed by atoms with van der Waals surface area (Å²) in [5.41, 5.74) is 7.51. The van der Waals surface area contributed by atoms with Crippen LogP contribution in [0, 0.1) is 0 Å². The number of fused-ring (bicyclic) bond motifs is 1. The predicted molar refractivity (Wildman–Crippen MR) is 86.5 cm³/mol. The first kappa shape index (κ1) is 13.3. The van der Waals surface area contributed by atoms with Gasteiger partial charge >= 0.3 is 0 Å². The first-order valence-electron chi connectivity index (χ1n) is 6.34. The molecule has 3 N–H and O–H groups in total. The van der Waals surface area contributed by atoms with Crippen LogP contribution in [0.3, 0.4) is 0 Å². The second-order valence-corrected chi connectivity index (χ2v) is 4.95. The lowest BCUT2D eigenvalue weighted by Crippen LogP contribution is -2.17. The highest BCUT2D eigenvalue weighted by Gasteiger charge is 2.14. The van der Waals surface area contributed by atoms with Crippen molar-refractivity contribution in [3.05, 3.63) is 65.9 Å². The van der Waals surface area contributed by atoms with Gasteiger partial charge < -0.3 is 15.5 Å². The van der Waals surface area contributed by atoms with Crippen LogP contribution in [0.1, 0.15) is 16.1 Å². The molecule has 0 bridgehead atoms. The zero-order valence-electron chi connectivity index (χ0n) is 11.0. The number of rotatable bonds is 3. The molecule has 0 saturated heterocycles. The molecule has 0 radical (unpaired) electrons. The number of hydrogen-bond donors (Lipinski definition) is 2. The zero-order chi connectivity index (χ0) is 14.8. The second kappa shape index (κ2) is 5.38. The van der Waals surface area contributed by atoms with Crippen molar-refractivity contribution in [1.82, 2.24) is 0 Å². The molecule has 1 heterocycles. The molecule has 3 rings (SSSR count). The SMILES string of the molecule is NC(=S)c1ccccc1NC(=O)c1cc2ccccc2o1. The Morgan fingerprint density at radius 2 is 1.81 bits per heavy atom. The standard InChI is InChI=1S/C16H12N2O2S/c17-15(21)11-6-2-3-7-12(11)18-16(19)14-9-10-5-1-4-8-13(10)20-14/h1-9H,(H2,17,21)(H,18,19). The van der Waals surface area contributed by atoms with Gasteiger partial charge in [0.2, 0.25) is 0 Å². The molecule has 1 amide bonds. The third kappa shape index (κ3) is 2.64. The first-order chi connectivity index (χ1) is 10.1. The number of benzene rings is 2. The number of nitrogens with one attached hydrogen (secondary N) is 1. The van der Waals surface area contributed by atoms with Crippen LogP contribution in [0.4, 0.5) is 5.69 Å². The number of furan rings is 1. The highest BCUT2D eigenvalue weighted by molar-refractivity contribution is 7.80. The van der Waals surface area contributed by atoms with E-state index in [1.54, 1.807) is 24.3 Å². The third-order valence-electron chi connectivity index (χ3n) is 3.09. The van der Waals surface area contributed by atoms with Gasteiger partial charge in [-0.25, -0.2) is 0 Å². The largest absolute Gasteiger partial charge is 0.451 e. The molecule has 0 aliphatic rings. The van der Waals surface area contributed by atoms with E-state index in [1.807, 2.05) is 30.3 Å². The molecule has 0 aliphatic heterocycles. The van der Waals surface area contributed by atoms with Gasteiger partial charge in [-0.15, -0.1) is 0 Å². The monoisotopic (exact) mass is 296 g/mol. The summed E-state index contributed by atoms with van der Waals surface area (Å²) in [7, 11) is 0. The van der Waals surface area contributed by atoms with Crippen LogP contribution < -0.4 is 11.1 Å². The van der Waals surface area contributed by atoms with E-state index >= 15 is 0 Å². The lowest BCUT2D eigenvalue weighted by atomic mass is 10.1. The van der Waals surface area contributed by atoms with Gasteiger partial charge in [0.25, 0.3) is 5.91 Å². The van der Waals surface area contributed by atoms with Crippen molar-refractivity contribution in [2.45, 2.75) is 0 Å². The predicted octanol–water partition coefficient (Wildman–Crippen LogP) is 3.32. The van der Waals surface area contributed by atoms with Crippen LogP contribution in [0.25, 0.3) is 11.0 Å². The van der Waals surface area contributed by atoms with E-state index in [4.69, 9.17) is 22.4 Å². The Balaban J connectivity index is 1.91. The molecule has 0 aliphatic carbocycles. The maximum atomic E-state index is 12.3. The fraction of sp³-hybridized carbons (Fsp3) is 0. The van der Waals surface area contributed by atoms with E-state index in [9.17, 15) is 4.79 Å². The number of hydrogen-bond acceptors (Lipinski definition) is 3. The van der Waals surface area contributed by atoms with Gasteiger partial charge in [0.15, 0.2) is 5.76 Å². The minimum Gasteiger partial charge on any atom is -0.451 e.